The highest BCUT2D eigenvalue weighted by molar-refractivity contribution is 6.51. The van der Waals surface area contributed by atoms with Crippen molar-refractivity contribution >= 4 is 23.1 Å². The Labute approximate surface area is 205 Å². The fraction of sp³-hybridized carbons (Fsp3) is 0.276. The van der Waals surface area contributed by atoms with Crippen molar-refractivity contribution in [3.63, 3.8) is 0 Å². The van der Waals surface area contributed by atoms with Gasteiger partial charge < -0.3 is 9.84 Å². The molecular formula is C29H30N2O4. The highest BCUT2D eigenvalue weighted by Gasteiger charge is 2.47. The van der Waals surface area contributed by atoms with Gasteiger partial charge >= 0.3 is 0 Å². The van der Waals surface area contributed by atoms with E-state index in [0.717, 1.165) is 16.7 Å². The summed E-state index contributed by atoms with van der Waals surface area (Å²) in [4.78, 5) is 32.6. The summed E-state index contributed by atoms with van der Waals surface area (Å²) in [5, 5.41) is 11.5. The summed E-state index contributed by atoms with van der Waals surface area (Å²) < 4.78 is 5.52. The van der Waals surface area contributed by atoms with Crippen LogP contribution in [0.1, 0.15) is 54.8 Å². The van der Waals surface area contributed by atoms with Gasteiger partial charge in [-0.1, -0.05) is 32.9 Å². The van der Waals surface area contributed by atoms with E-state index in [0.29, 0.717) is 22.7 Å². The van der Waals surface area contributed by atoms with Crippen molar-refractivity contribution in [2.24, 2.45) is 0 Å². The van der Waals surface area contributed by atoms with Crippen LogP contribution in [-0.2, 0) is 15.0 Å². The molecule has 35 heavy (non-hydrogen) atoms. The molecule has 3 aromatic rings. The molecule has 1 saturated heterocycles. The van der Waals surface area contributed by atoms with Crippen molar-refractivity contribution < 1.29 is 19.4 Å². The predicted octanol–water partition coefficient (Wildman–Crippen LogP) is 5.63. The molecule has 1 atom stereocenters. The van der Waals surface area contributed by atoms with Crippen LogP contribution in [0.2, 0.25) is 0 Å². The van der Waals surface area contributed by atoms with Gasteiger partial charge in [0.1, 0.15) is 17.6 Å². The number of aliphatic hydroxyl groups is 1. The molecular weight excluding hydrogens is 440 g/mol. The molecule has 2 aromatic carbocycles. The number of carbonyl (C=O) groups is 2. The molecule has 0 radical (unpaired) electrons. The molecule has 4 rings (SSSR count). The van der Waals surface area contributed by atoms with Gasteiger partial charge in [-0.2, -0.15) is 0 Å². The topological polar surface area (TPSA) is 79.7 Å². The Morgan fingerprint density at radius 1 is 1.00 bits per heavy atom. The average Bonchev–Trinajstić information content (AvgIpc) is 3.10. The molecule has 1 aliphatic rings. The molecule has 6 nitrogen and oxygen atoms in total. The van der Waals surface area contributed by atoms with Crippen LogP contribution in [-0.4, -0.2) is 28.9 Å². The number of anilines is 1. The lowest BCUT2D eigenvalue weighted by molar-refractivity contribution is -0.132. The van der Waals surface area contributed by atoms with Gasteiger partial charge in [-0.25, -0.2) is 0 Å². The third kappa shape index (κ3) is 4.32. The summed E-state index contributed by atoms with van der Waals surface area (Å²) in [6.07, 6.45) is 1.61. The normalized spacial score (nSPS) is 17.7. The van der Waals surface area contributed by atoms with Gasteiger partial charge in [0, 0.05) is 23.0 Å². The Bertz CT molecular complexity index is 1340. The summed E-state index contributed by atoms with van der Waals surface area (Å²) in [6, 6.07) is 15.3. The number of Topliss-reactive ketones (excluding diaryl/α,β-unsaturated/α-hetero) is 1. The van der Waals surface area contributed by atoms with Gasteiger partial charge in [0.25, 0.3) is 11.7 Å². The minimum Gasteiger partial charge on any atom is -0.507 e. The smallest absolute Gasteiger partial charge is 0.300 e. The first-order valence-corrected chi connectivity index (χ1v) is 11.5. The number of methoxy groups -OCH3 is 1. The molecule has 1 N–H and O–H groups in total. The summed E-state index contributed by atoms with van der Waals surface area (Å²) in [5.41, 5.74) is 4.20. The minimum atomic E-state index is -0.863. The maximum atomic E-state index is 13.4. The zero-order valence-electron chi connectivity index (χ0n) is 20.9. The van der Waals surface area contributed by atoms with Crippen molar-refractivity contribution in [3.05, 3.63) is 94.3 Å². The standard InChI is InChI=1S/C29H30N2O4/c1-17-10-12-20(15-18(17)2)31-25(22-9-7-8-14-30-22)24(27(33)28(31)34)26(32)19-11-13-23(35-6)21(16-19)29(3,4)5/h7-16,25,32H,1-6H3/b26-24-. The van der Waals surface area contributed by atoms with E-state index in [9.17, 15) is 14.7 Å². The first-order chi connectivity index (χ1) is 16.5. The van der Waals surface area contributed by atoms with Crippen molar-refractivity contribution in [2.45, 2.75) is 46.1 Å². The lowest BCUT2D eigenvalue weighted by atomic mass is 9.84. The lowest BCUT2D eigenvalue weighted by Crippen LogP contribution is -2.29. The Morgan fingerprint density at radius 3 is 2.34 bits per heavy atom. The Morgan fingerprint density at radius 2 is 1.74 bits per heavy atom. The van der Waals surface area contributed by atoms with E-state index in [-0.39, 0.29) is 16.7 Å². The number of aromatic nitrogens is 1. The number of amides is 1. The number of hydrogen-bond donors (Lipinski definition) is 1. The number of nitrogens with zero attached hydrogens (tertiary/aromatic N) is 2. The Balaban J connectivity index is 1.95. The van der Waals surface area contributed by atoms with Gasteiger partial charge in [0.2, 0.25) is 0 Å². The Hall–Kier alpha value is -3.93. The molecule has 0 saturated carbocycles. The quantitative estimate of drug-likeness (QED) is 0.304. The zero-order valence-corrected chi connectivity index (χ0v) is 20.9. The number of ketones is 1. The fourth-order valence-corrected chi connectivity index (χ4v) is 4.39. The average molecular weight is 471 g/mol. The lowest BCUT2D eigenvalue weighted by Gasteiger charge is -2.25. The van der Waals surface area contributed by atoms with E-state index in [4.69, 9.17) is 4.74 Å². The summed E-state index contributed by atoms with van der Waals surface area (Å²) in [5.74, 6) is -0.996. The molecule has 0 aliphatic carbocycles. The van der Waals surface area contributed by atoms with Gasteiger partial charge in [0.05, 0.1) is 18.4 Å². The monoisotopic (exact) mass is 470 g/mol. The molecule has 1 unspecified atom stereocenters. The van der Waals surface area contributed by atoms with Gasteiger partial charge in [-0.15, -0.1) is 0 Å². The number of aliphatic hydroxyl groups excluding tert-OH is 1. The van der Waals surface area contributed by atoms with E-state index < -0.39 is 17.7 Å². The third-order valence-corrected chi connectivity index (χ3v) is 6.46. The molecule has 180 valence electrons. The van der Waals surface area contributed by atoms with Crippen LogP contribution in [0.25, 0.3) is 5.76 Å². The largest absolute Gasteiger partial charge is 0.507 e. The van der Waals surface area contributed by atoms with Crippen LogP contribution in [0.4, 0.5) is 5.69 Å². The molecule has 2 heterocycles. The maximum Gasteiger partial charge on any atom is 0.300 e. The third-order valence-electron chi connectivity index (χ3n) is 6.46. The number of rotatable bonds is 4. The second-order valence-electron chi connectivity index (χ2n) is 9.86. The highest BCUT2D eigenvalue weighted by Crippen LogP contribution is 2.42. The van der Waals surface area contributed by atoms with E-state index >= 15 is 0 Å². The molecule has 1 fully saturated rings. The zero-order chi connectivity index (χ0) is 25.5. The van der Waals surface area contributed by atoms with Crippen LogP contribution in [0, 0.1) is 13.8 Å². The Kier molecular flexibility index (Phi) is 6.24. The van der Waals surface area contributed by atoms with E-state index in [1.165, 1.54) is 4.90 Å². The number of benzene rings is 2. The van der Waals surface area contributed by atoms with Crippen LogP contribution < -0.4 is 9.64 Å². The maximum absolute atomic E-state index is 13.4. The van der Waals surface area contributed by atoms with Crippen LogP contribution in [0.15, 0.2) is 66.4 Å². The summed E-state index contributed by atoms with van der Waals surface area (Å²) in [7, 11) is 1.60. The van der Waals surface area contributed by atoms with E-state index in [2.05, 4.69) is 4.98 Å². The van der Waals surface area contributed by atoms with Crippen molar-refractivity contribution in [3.8, 4) is 5.75 Å². The number of pyridine rings is 1. The summed E-state index contributed by atoms with van der Waals surface area (Å²) in [6.45, 7) is 10.1. The van der Waals surface area contributed by atoms with E-state index in [1.54, 1.807) is 43.6 Å². The molecule has 1 aliphatic heterocycles. The molecule has 0 bridgehead atoms. The highest BCUT2D eigenvalue weighted by atomic mass is 16.5. The number of hydrogen-bond acceptors (Lipinski definition) is 5. The van der Waals surface area contributed by atoms with E-state index in [1.807, 2.05) is 58.9 Å². The predicted molar refractivity (Wildman–Crippen MR) is 137 cm³/mol. The first-order valence-electron chi connectivity index (χ1n) is 11.5. The SMILES string of the molecule is COc1ccc(/C(O)=C2/C(=O)C(=O)N(c3ccc(C)c(C)c3)C2c2ccccn2)cc1C(C)(C)C. The van der Waals surface area contributed by atoms with Gasteiger partial charge in [-0.05, 0) is 72.9 Å². The number of carbonyl (C=O) groups excluding carboxylic acids is 2. The molecule has 1 aromatic heterocycles. The molecule has 6 heteroatoms. The number of aryl methyl sites for hydroxylation is 2. The van der Waals surface area contributed by atoms with Crippen LogP contribution >= 0.6 is 0 Å². The van der Waals surface area contributed by atoms with Crippen molar-refractivity contribution in [1.29, 1.82) is 0 Å². The minimum absolute atomic E-state index is 0.0111. The fourth-order valence-electron chi connectivity index (χ4n) is 4.39. The summed E-state index contributed by atoms with van der Waals surface area (Å²) >= 11 is 0. The van der Waals surface area contributed by atoms with Crippen molar-refractivity contribution in [2.75, 3.05) is 12.0 Å². The second-order valence-corrected chi connectivity index (χ2v) is 9.86. The van der Waals surface area contributed by atoms with Gasteiger partial charge in [-0.3, -0.25) is 19.5 Å². The molecule has 1 amide bonds. The number of ether oxygens (including phenoxy) is 1. The second kappa shape index (κ2) is 9.02. The first kappa shape index (κ1) is 24.2. The van der Waals surface area contributed by atoms with Crippen LogP contribution in [0.5, 0.6) is 5.75 Å². The van der Waals surface area contributed by atoms with Gasteiger partial charge in [0.15, 0.2) is 0 Å². The van der Waals surface area contributed by atoms with Crippen LogP contribution in [0.3, 0.4) is 0 Å². The molecule has 0 spiro atoms. The van der Waals surface area contributed by atoms with Crippen molar-refractivity contribution in [1.82, 2.24) is 4.98 Å².